The minimum atomic E-state index is -0.685. The van der Waals surface area contributed by atoms with Crippen molar-refractivity contribution in [3.63, 3.8) is 0 Å². The van der Waals surface area contributed by atoms with Gasteiger partial charge in [0.25, 0.3) is 5.91 Å². The number of thioether (sulfide) groups is 1. The van der Waals surface area contributed by atoms with Crippen molar-refractivity contribution in [2.45, 2.75) is 17.0 Å². The summed E-state index contributed by atoms with van der Waals surface area (Å²) in [4.78, 5) is 24.5. The first-order valence-corrected chi connectivity index (χ1v) is 10.2. The zero-order chi connectivity index (χ0) is 19.5. The topological polar surface area (TPSA) is 85.1 Å². The molecule has 0 aliphatic rings. The van der Waals surface area contributed by atoms with Crippen LogP contribution < -0.4 is 10.9 Å². The molecule has 0 radical (unpaired) electrons. The monoisotopic (exact) mass is 409 g/mol. The Morgan fingerprint density at radius 2 is 1.93 bits per heavy atom. The van der Waals surface area contributed by atoms with E-state index < -0.39 is 11.5 Å². The molecule has 8 heteroatoms. The lowest BCUT2D eigenvalue weighted by Gasteiger charge is -2.01. The number of anilines is 1. The summed E-state index contributed by atoms with van der Waals surface area (Å²) in [5.41, 5.74) is 2.09. The molecule has 2 aromatic carbocycles. The lowest BCUT2D eigenvalue weighted by molar-refractivity contribution is 0.102. The van der Waals surface area contributed by atoms with E-state index in [1.165, 1.54) is 28.5 Å². The van der Waals surface area contributed by atoms with Crippen LogP contribution in [0.25, 0.3) is 11.0 Å². The first kappa shape index (κ1) is 18.4. The summed E-state index contributed by atoms with van der Waals surface area (Å²) < 4.78 is 5.94. The van der Waals surface area contributed by atoms with Crippen LogP contribution in [0.15, 0.2) is 68.1 Å². The average molecular weight is 409 g/mol. The number of aryl methyl sites for hydroxylation is 1. The molecular weight excluding hydrogens is 394 g/mol. The van der Waals surface area contributed by atoms with E-state index in [0.29, 0.717) is 16.1 Å². The lowest BCUT2D eigenvalue weighted by Crippen LogP contribution is -2.20. The Hall–Kier alpha value is -2.97. The molecule has 28 heavy (non-hydrogen) atoms. The molecule has 1 N–H and O–H groups in total. The number of amides is 1. The van der Waals surface area contributed by atoms with Gasteiger partial charge in [0.2, 0.25) is 5.13 Å². The third-order valence-electron chi connectivity index (χ3n) is 4.00. The summed E-state index contributed by atoms with van der Waals surface area (Å²) >= 11 is 2.81. The predicted molar refractivity (Wildman–Crippen MR) is 111 cm³/mol. The number of fused-ring (bicyclic) bond motifs is 1. The third-order valence-corrected chi connectivity index (χ3v) is 6.04. The molecule has 6 nitrogen and oxygen atoms in total. The molecule has 0 saturated carbocycles. The smallest absolute Gasteiger partial charge is 0.349 e. The van der Waals surface area contributed by atoms with Crippen LogP contribution in [0.2, 0.25) is 0 Å². The van der Waals surface area contributed by atoms with Crippen LogP contribution in [-0.4, -0.2) is 16.1 Å². The van der Waals surface area contributed by atoms with E-state index in [2.05, 4.69) is 39.8 Å². The number of benzene rings is 2. The largest absolute Gasteiger partial charge is 0.422 e. The highest BCUT2D eigenvalue weighted by Crippen LogP contribution is 2.28. The zero-order valence-electron chi connectivity index (χ0n) is 14.8. The van der Waals surface area contributed by atoms with Crippen molar-refractivity contribution in [2.75, 3.05) is 5.32 Å². The van der Waals surface area contributed by atoms with E-state index in [1.807, 2.05) is 13.0 Å². The number of rotatable bonds is 5. The second kappa shape index (κ2) is 7.95. The molecule has 0 fully saturated rings. The molecule has 0 aliphatic carbocycles. The quantitative estimate of drug-likeness (QED) is 0.297. The van der Waals surface area contributed by atoms with Crippen molar-refractivity contribution in [1.29, 1.82) is 0 Å². The number of hydrogen-bond donors (Lipinski definition) is 1. The first-order chi connectivity index (χ1) is 13.6. The van der Waals surface area contributed by atoms with Gasteiger partial charge in [0.05, 0.1) is 0 Å². The van der Waals surface area contributed by atoms with Gasteiger partial charge in [-0.25, -0.2) is 4.79 Å². The highest BCUT2D eigenvalue weighted by Gasteiger charge is 2.16. The minimum Gasteiger partial charge on any atom is -0.422 e. The summed E-state index contributed by atoms with van der Waals surface area (Å²) in [6, 6.07) is 16.8. The lowest BCUT2D eigenvalue weighted by atomic mass is 10.2. The Kier molecular flexibility index (Phi) is 5.23. The Bertz CT molecular complexity index is 1200. The summed E-state index contributed by atoms with van der Waals surface area (Å²) in [7, 11) is 0. The van der Waals surface area contributed by atoms with Crippen molar-refractivity contribution in [2.24, 2.45) is 0 Å². The number of nitrogens with one attached hydrogen (secondary N) is 1. The van der Waals surface area contributed by atoms with Gasteiger partial charge >= 0.3 is 5.63 Å². The summed E-state index contributed by atoms with van der Waals surface area (Å²) in [5, 5.41) is 11.7. The molecule has 0 unspecified atom stereocenters. The third kappa shape index (κ3) is 4.13. The van der Waals surface area contributed by atoms with Gasteiger partial charge in [-0.2, -0.15) is 0 Å². The van der Waals surface area contributed by atoms with Crippen molar-refractivity contribution in [1.82, 2.24) is 10.2 Å². The van der Waals surface area contributed by atoms with E-state index in [9.17, 15) is 9.59 Å². The fraction of sp³-hybridized carbons (Fsp3) is 0.100. The van der Waals surface area contributed by atoms with Crippen LogP contribution in [0, 0.1) is 6.92 Å². The summed E-state index contributed by atoms with van der Waals surface area (Å²) in [5.74, 6) is 0.197. The van der Waals surface area contributed by atoms with E-state index in [4.69, 9.17) is 4.42 Å². The van der Waals surface area contributed by atoms with E-state index in [-0.39, 0.29) is 5.56 Å². The van der Waals surface area contributed by atoms with Gasteiger partial charge in [-0.1, -0.05) is 71.1 Å². The van der Waals surface area contributed by atoms with Crippen molar-refractivity contribution in [3.05, 3.63) is 81.7 Å². The van der Waals surface area contributed by atoms with Gasteiger partial charge in [0, 0.05) is 11.1 Å². The van der Waals surface area contributed by atoms with Gasteiger partial charge in [-0.3, -0.25) is 10.1 Å². The average Bonchev–Trinajstić information content (AvgIpc) is 3.14. The van der Waals surface area contributed by atoms with Gasteiger partial charge in [0.15, 0.2) is 4.34 Å². The van der Waals surface area contributed by atoms with Crippen LogP contribution >= 0.6 is 23.1 Å². The van der Waals surface area contributed by atoms with Crippen molar-refractivity contribution in [3.8, 4) is 0 Å². The molecule has 0 atom stereocenters. The molecule has 4 aromatic rings. The number of carbonyl (C=O) groups is 1. The van der Waals surface area contributed by atoms with Gasteiger partial charge in [-0.15, -0.1) is 10.2 Å². The molecule has 0 saturated heterocycles. The highest BCUT2D eigenvalue weighted by atomic mass is 32.2. The minimum absolute atomic E-state index is 0.0669. The number of aromatic nitrogens is 2. The van der Waals surface area contributed by atoms with Crippen molar-refractivity contribution < 1.29 is 9.21 Å². The SMILES string of the molecule is Cc1ccc(CSc2nnc(NC(=O)c3cc4ccccc4oc3=O)s2)cc1. The normalized spacial score (nSPS) is 10.9. The first-order valence-electron chi connectivity index (χ1n) is 8.44. The fourth-order valence-corrected chi connectivity index (χ4v) is 4.24. The van der Waals surface area contributed by atoms with Crippen LogP contribution in [-0.2, 0) is 5.75 Å². The molecule has 0 spiro atoms. The number of nitrogens with zero attached hydrogens (tertiary/aromatic N) is 2. The molecule has 4 rings (SSSR count). The molecule has 0 bridgehead atoms. The molecule has 2 heterocycles. The van der Waals surface area contributed by atoms with Crippen molar-refractivity contribution >= 4 is 45.1 Å². The Morgan fingerprint density at radius 1 is 1.14 bits per heavy atom. The molecule has 1 amide bonds. The van der Waals surface area contributed by atoms with E-state index in [0.717, 1.165) is 10.1 Å². The Labute approximate surface area is 168 Å². The predicted octanol–water partition coefficient (Wildman–Crippen LogP) is 4.50. The Morgan fingerprint density at radius 3 is 2.75 bits per heavy atom. The standard InChI is InChI=1S/C20H15N3O3S2/c1-12-6-8-13(9-7-12)11-27-20-23-22-19(28-20)21-17(24)15-10-14-4-2-3-5-16(14)26-18(15)25/h2-10H,11H2,1H3,(H,21,22,24). The molecule has 0 aliphatic heterocycles. The maximum absolute atomic E-state index is 12.5. The van der Waals surface area contributed by atoms with E-state index >= 15 is 0 Å². The molecular formula is C20H15N3O3S2. The Balaban J connectivity index is 1.45. The maximum atomic E-state index is 12.5. The summed E-state index contributed by atoms with van der Waals surface area (Å²) in [6.45, 7) is 2.05. The summed E-state index contributed by atoms with van der Waals surface area (Å²) in [6.07, 6.45) is 0. The second-order valence-corrected chi connectivity index (χ2v) is 8.29. The number of carbonyl (C=O) groups excluding carboxylic acids is 1. The zero-order valence-corrected chi connectivity index (χ0v) is 16.5. The second-order valence-electron chi connectivity index (χ2n) is 6.09. The fourth-order valence-electron chi connectivity index (χ4n) is 2.53. The van der Waals surface area contributed by atoms with Gasteiger partial charge < -0.3 is 4.42 Å². The maximum Gasteiger partial charge on any atom is 0.349 e. The van der Waals surface area contributed by atoms with E-state index in [1.54, 1.807) is 30.0 Å². The molecule has 140 valence electrons. The van der Waals surface area contributed by atoms with Crippen LogP contribution in [0.4, 0.5) is 5.13 Å². The van der Waals surface area contributed by atoms with Gasteiger partial charge in [0.1, 0.15) is 11.1 Å². The van der Waals surface area contributed by atoms with Crippen LogP contribution in [0.1, 0.15) is 21.5 Å². The van der Waals surface area contributed by atoms with Gasteiger partial charge in [-0.05, 0) is 24.6 Å². The highest BCUT2D eigenvalue weighted by molar-refractivity contribution is 8.00. The number of hydrogen-bond acceptors (Lipinski definition) is 7. The van der Waals surface area contributed by atoms with Crippen LogP contribution in [0.3, 0.4) is 0 Å². The molecule has 2 aromatic heterocycles. The number of para-hydroxylation sites is 1. The van der Waals surface area contributed by atoms with Crippen LogP contribution in [0.5, 0.6) is 0 Å².